The Hall–Kier alpha value is -2.37. The van der Waals surface area contributed by atoms with Gasteiger partial charge in [0, 0.05) is 12.6 Å². The molecule has 0 saturated heterocycles. The molecule has 6 heteroatoms. The van der Waals surface area contributed by atoms with Crippen LogP contribution in [0.5, 0.6) is 0 Å². The van der Waals surface area contributed by atoms with E-state index in [-0.39, 0.29) is 11.7 Å². The fraction of sp³-hybridized carbons (Fsp3) is 0.357. The number of anilines is 1. The van der Waals surface area contributed by atoms with Gasteiger partial charge in [-0.15, -0.1) is 0 Å². The molecule has 0 aliphatic rings. The van der Waals surface area contributed by atoms with Gasteiger partial charge in [0.05, 0.1) is 18.8 Å². The number of carbonyl (C=O) groups excluding carboxylic acids is 1. The van der Waals surface area contributed by atoms with E-state index < -0.39 is 5.97 Å². The van der Waals surface area contributed by atoms with Crippen molar-refractivity contribution in [2.75, 3.05) is 12.8 Å². The minimum Gasteiger partial charge on any atom is -0.464 e. The molecule has 2 N–H and O–H groups in total. The van der Waals surface area contributed by atoms with E-state index in [0.29, 0.717) is 12.2 Å². The second kappa shape index (κ2) is 5.73. The highest BCUT2D eigenvalue weighted by Crippen LogP contribution is 2.25. The third kappa shape index (κ3) is 2.36. The van der Waals surface area contributed by atoms with Gasteiger partial charge >= 0.3 is 5.97 Å². The highest BCUT2D eigenvalue weighted by Gasteiger charge is 2.24. The van der Waals surface area contributed by atoms with Crippen LogP contribution < -0.4 is 5.73 Å². The van der Waals surface area contributed by atoms with Gasteiger partial charge in [-0.2, -0.15) is 0 Å². The first-order valence-corrected chi connectivity index (χ1v) is 6.45. The molecular formula is C14H18N4O2. The summed E-state index contributed by atoms with van der Waals surface area (Å²) in [6.45, 7) is 3.94. The van der Waals surface area contributed by atoms with E-state index in [9.17, 15) is 4.79 Å². The predicted molar refractivity (Wildman–Crippen MR) is 75.4 cm³/mol. The van der Waals surface area contributed by atoms with Crippen LogP contribution in [0.15, 0.2) is 24.4 Å². The van der Waals surface area contributed by atoms with E-state index in [2.05, 4.69) is 9.97 Å². The lowest BCUT2D eigenvalue weighted by atomic mass is 10.2. The molecule has 0 bridgehead atoms. The Kier molecular flexibility index (Phi) is 4.02. The third-order valence-electron chi connectivity index (χ3n) is 3.22. The number of nitrogen functional groups attached to an aromatic ring is 1. The summed E-state index contributed by atoms with van der Waals surface area (Å²) in [5.41, 5.74) is 7.09. The van der Waals surface area contributed by atoms with Gasteiger partial charge in [-0.1, -0.05) is 13.0 Å². The molecule has 20 heavy (non-hydrogen) atoms. The number of rotatable bonds is 4. The van der Waals surface area contributed by atoms with Crippen LogP contribution in [0.4, 0.5) is 5.82 Å². The topological polar surface area (TPSA) is 83.0 Å². The molecule has 0 fully saturated rings. The summed E-state index contributed by atoms with van der Waals surface area (Å²) in [6.07, 6.45) is 2.39. The number of nitrogens with zero attached hydrogens (tertiary/aromatic N) is 3. The highest BCUT2D eigenvalue weighted by molar-refractivity contribution is 5.92. The SMILES string of the molecule is CCc1nc(C(=O)OC)c(N)n1C(C)c1ccccn1. The summed E-state index contributed by atoms with van der Waals surface area (Å²) in [4.78, 5) is 20.3. The Morgan fingerprint density at radius 3 is 2.80 bits per heavy atom. The molecule has 1 unspecified atom stereocenters. The number of pyridine rings is 1. The zero-order valence-corrected chi connectivity index (χ0v) is 11.8. The summed E-state index contributed by atoms with van der Waals surface area (Å²) in [5.74, 6) is 0.525. The van der Waals surface area contributed by atoms with Crippen molar-refractivity contribution in [2.45, 2.75) is 26.3 Å². The lowest BCUT2D eigenvalue weighted by molar-refractivity contribution is 0.0595. The van der Waals surface area contributed by atoms with Crippen molar-refractivity contribution in [1.29, 1.82) is 0 Å². The fourth-order valence-corrected chi connectivity index (χ4v) is 2.18. The van der Waals surface area contributed by atoms with Crippen LogP contribution in [0, 0.1) is 0 Å². The fourth-order valence-electron chi connectivity index (χ4n) is 2.18. The number of esters is 1. The van der Waals surface area contributed by atoms with Crippen LogP contribution in [0.2, 0.25) is 0 Å². The number of aryl methyl sites for hydroxylation is 1. The van der Waals surface area contributed by atoms with E-state index in [1.165, 1.54) is 7.11 Å². The van der Waals surface area contributed by atoms with Gasteiger partial charge in [-0.25, -0.2) is 9.78 Å². The van der Waals surface area contributed by atoms with Crippen molar-refractivity contribution >= 4 is 11.8 Å². The largest absolute Gasteiger partial charge is 0.464 e. The number of methoxy groups -OCH3 is 1. The second-order valence-corrected chi connectivity index (χ2v) is 4.41. The number of carbonyl (C=O) groups is 1. The van der Waals surface area contributed by atoms with Crippen LogP contribution in [0.25, 0.3) is 0 Å². The number of nitrogens with two attached hydrogens (primary N) is 1. The maximum absolute atomic E-state index is 11.7. The van der Waals surface area contributed by atoms with Gasteiger partial charge in [0.25, 0.3) is 0 Å². The van der Waals surface area contributed by atoms with Gasteiger partial charge in [0.1, 0.15) is 11.6 Å². The summed E-state index contributed by atoms with van der Waals surface area (Å²) in [5, 5.41) is 0. The van der Waals surface area contributed by atoms with Crippen LogP contribution in [0.1, 0.15) is 41.9 Å². The maximum atomic E-state index is 11.7. The summed E-state index contributed by atoms with van der Waals surface area (Å²) < 4.78 is 6.53. The van der Waals surface area contributed by atoms with Crippen molar-refractivity contribution in [1.82, 2.24) is 14.5 Å². The maximum Gasteiger partial charge on any atom is 0.360 e. The normalized spacial score (nSPS) is 12.2. The molecular weight excluding hydrogens is 256 g/mol. The molecule has 2 aromatic rings. The first-order chi connectivity index (χ1) is 9.60. The molecule has 0 aromatic carbocycles. The van der Waals surface area contributed by atoms with Crippen molar-refractivity contribution in [3.05, 3.63) is 41.6 Å². The molecule has 0 amide bonds. The van der Waals surface area contributed by atoms with E-state index in [1.54, 1.807) is 6.20 Å². The minimum absolute atomic E-state index is 0.0999. The van der Waals surface area contributed by atoms with Gasteiger partial charge in [0.15, 0.2) is 5.69 Å². The summed E-state index contributed by atoms with van der Waals surface area (Å²) >= 11 is 0. The van der Waals surface area contributed by atoms with Crippen molar-refractivity contribution in [3.63, 3.8) is 0 Å². The number of imidazole rings is 1. The van der Waals surface area contributed by atoms with Crippen LogP contribution >= 0.6 is 0 Å². The molecule has 0 aliphatic carbocycles. The number of hydrogen-bond donors (Lipinski definition) is 1. The van der Waals surface area contributed by atoms with Gasteiger partial charge < -0.3 is 15.0 Å². The zero-order valence-electron chi connectivity index (χ0n) is 11.8. The molecule has 2 rings (SSSR count). The van der Waals surface area contributed by atoms with Crippen LogP contribution in [-0.2, 0) is 11.2 Å². The molecule has 0 aliphatic heterocycles. The Morgan fingerprint density at radius 1 is 1.50 bits per heavy atom. The van der Waals surface area contributed by atoms with Crippen molar-refractivity contribution < 1.29 is 9.53 Å². The Labute approximate surface area is 117 Å². The van der Waals surface area contributed by atoms with Gasteiger partial charge in [0.2, 0.25) is 0 Å². The average molecular weight is 274 g/mol. The van der Waals surface area contributed by atoms with E-state index >= 15 is 0 Å². The standard InChI is InChI=1S/C14H18N4O2/c1-4-11-17-12(14(19)20-3)13(15)18(11)9(2)10-7-5-6-8-16-10/h5-9H,4,15H2,1-3H3. The van der Waals surface area contributed by atoms with Crippen LogP contribution in [0.3, 0.4) is 0 Å². The molecule has 1 atom stereocenters. The molecule has 2 heterocycles. The second-order valence-electron chi connectivity index (χ2n) is 4.41. The molecule has 0 spiro atoms. The van der Waals surface area contributed by atoms with Gasteiger partial charge in [-0.3, -0.25) is 4.98 Å². The van der Waals surface area contributed by atoms with Crippen molar-refractivity contribution in [2.24, 2.45) is 0 Å². The monoisotopic (exact) mass is 274 g/mol. The van der Waals surface area contributed by atoms with E-state index in [1.807, 2.05) is 36.6 Å². The number of hydrogen-bond acceptors (Lipinski definition) is 5. The zero-order chi connectivity index (χ0) is 14.7. The van der Waals surface area contributed by atoms with E-state index in [0.717, 1.165) is 11.5 Å². The first kappa shape index (κ1) is 14.0. The Balaban J connectivity index is 2.50. The summed E-state index contributed by atoms with van der Waals surface area (Å²) in [6, 6.07) is 5.59. The quantitative estimate of drug-likeness (QED) is 0.860. The molecule has 6 nitrogen and oxygen atoms in total. The Bertz CT molecular complexity index is 607. The molecule has 2 aromatic heterocycles. The molecule has 0 radical (unpaired) electrons. The number of aromatic nitrogens is 3. The third-order valence-corrected chi connectivity index (χ3v) is 3.22. The lowest BCUT2D eigenvalue weighted by Gasteiger charge is -2.17. The molecule has 0 saturated carbocycles. The number of ether oxygens (including phenoxy) is 1. The van der Waals surface area contributed by atoms with Crippen molar-refractivity contribution in [3.8, 4) is 0 Å². The summed E-state index contributed by atoms with van der Waals surface area (Å²) in [7, 11) is 1.31. The molecule has 106 valence electrons. The average Bonchev–Trinajstić information content (AvgIpc) is 2.83. The lowest BCUT2D eigenvalue weighted by Crippen LogP contribution is -2.15. The van der Waals surface area contributed by atoms with E-state index in [4.69, 9.17) is 10.5 Å². The smallest absolute Gasteiger partial charge is 0.360 e. The first-order valence-electron chi connectivity index (χ1n) is 6.45. The predicted octanol–water partition coefficient (Wildman–Crippen LogP) is 1.82. The minimum atomic E-state index is -0.524. The van der Waals surface area contributed by atoms with Gasteiger partial charge in [-0.05, 0) is 19.1 Å². The highest BCUT2D eigenvalue weighted by atomic mass is 16.5. The van der Waals surface area contributed by atoms with Crippen LogP contribution in [-0.4, -0.2) is 27.6 Å². The Morgan fingerprint density at radius 2 is 2.25 bits per heavy atom.